The number of fused-ring (bicyclic) bond motifs is 1. The molecular formula is C15H20N2OS. The van der Waals surface area contributed by atoms with Gasteiger partial charge in [0.15, 0.2) is 0 Å². The predicted molar refractivity (Wildman–Crippen MR) is 79.7 cm³/mol. The second-order valence-corrected chi connectivity index (χ2v) is 5.98. The molecule has 1 aromatic rings. The zero-order valence-electron chi connectivity index (χ0n) is 11.2. The number of aromatic nitrogens is 1. The Kier molecular flexibility index (Phi) is 3.69. The van der Waals surface area contributed by atoms with Crippen LogP contribution in [0.2, 0.25) is 0 Å². The van der Waals surface area contributed by atoms with Crippen molar-refractivity contribution in [1.29, 1.82) is 0 Å². The van der Waals surface area contributed by atoms with E-state index in [1.165, 1.54) is 36.9 Å². The molecule has 0 saturated heterocycles. The van der Waals surface area contributed by atoms with Gasteiger partial charge in [0.2, 0.25) is 5.88 Å². The fraction of sp³-hybridized carbons (Fsp3) is 0.600. The lowest BCUT2D eigenvalue weighted by Crippen LogP contribution is -2.23. The minimum absolute atomic E-state index is 0.286. The second kappa shape index (κ2) is 5.45. The number of aryl methyl sites for hydroxylation is 2. The van der Waals surface area contributed by atoms with E-state index in [0.29, 0.717) is 10.9 Å². The van der Waals surface area contributed by atoms with E-state index in [-0.39, 0.29) is 6.10 Å². The van der Waals surface area contributed by atoms with E-state index in [0.717, 1.165) is 31.2 Å². The van der Waals surface area contributed by atoms with Crippen molar-refractivity contribution in [2.45, 2.75) is 57.5 Å². The van der Waals surface area contributed by atoms with E-state index in [4.69, 9.17) is 22.7 Å². The Hall–Kier alpha value is -1.16. The minimum atomic E-state index is 0.286. The Morgan fingerprint density at radius 1 is 1.21 bits per heavy atom. The molecule has 3 nitrogen and oxygen atoms in total. The van der Waals surface area contributed by atoms with Gasteiger partial charge in [0.1, 0.15) is 11.1 Å². The summed E-state index contributed by atoms with van der Waals surface area (Å²) in [4.78, 5) is 5.08. The molecule has 1 heterocycles. The molecule has 0 amide bonds. The van der Waals surface area contributed by atoms with Crippen molar-refractivity contribution in [2.75, 3.05) is 0 Å². The van der Waals surface area contributed by atoms with E-state index < -0.39 is 0 Å². The van der Waals surface area contributed by atoms with Crippen LogP contribution in [0.5, 0.6) is 5.88 Å². The number of hydrogen-bond donors (Lipinski definition) is 1. The van der Waals surface area contributed by atoms with Gasteiger partial charge in [-0.15, -0.1) is 0 Å². The highest BCUT2D eigenvalue weighted by Crippen LogP contribution is 2.29. The number of hydrogen-bond acceptors (Lipinski definition) is 3. The molecule has 2 aliphatic carbocycles. The van der Waals surface area contributed by atoms with Crippen LogP contribution in [0.25, 0.3) is 0 Å². The molecule has 0 bridgehead atoms. The lowest BCUT2D eigenvalue weighted by molar-refractivity contribution is 0.148. The lowest BCUT2D eigenvalue weighted by Gasteiger charge is -2.23. The van der Waals surface area contributed by atoms with Crippen molar-refractivity contribution in [3.05, 3.63) is 22.9 Å². The van der Waals surface area contributed by atoms with Gasteiger partial charge in [0.05, 0.1) is 5.56 Å². The number of nitrogens with two attached hydrogens (primary N) is 1. The molecule has 3 rings (SSSR count). The van der Waals surface area contributed by atoms with Crippen molar-refractivity contribution in [1.82, 2.24) is 4.98 Å². The molecular weight excluding hydrogens is 256 g/mol. The maximum atomic E-state index is 6.09. The summed E-state index contributed by atoms with van der Waals surface area (Å²) in [6, 6.07) is 2.09. The maximum absolute atomic E-state index is 6.09. The molecule has 0 unspecified atom stereocenters. The monoisotopic (exact) mass is 276 g/mol. The third-order valence-electron chi connectivity index (χ3n) is 4.11. The first kappa shape index (κ1) is 12.9. The molecule has 102 valence electrons. The molecule has 0 radical (unpaired) electrons. The Balaban J connectivity index is 1.87. The first-order valence-electron chi connectivity index (χ1n) is 7.23. The SMILES string of the molecule is NC(=S)c1cc2c(nc1OC1CCCCC1)CCC2. The zero-order valence-corrected chi connectivity index (χ0v) is 12.0. The van der Waals surface area contributed by atoms with Gasteiger partial charge in [0, 0.05) is 5.69 Å². The van der Waals surface area contributed by atoms with Crippen LogP contribution in [0.1, 0.15) is 55.3 Å². The average Bonchev–Trinajstić information content (AvgIpc) is 2.86. The summed E-state index contributed by atoms with van der Waals surface area (Å²) in [6.07, 6.45) is 9.65. The average molecular weight is 276 g/mol. The zero-order chi connectivity index (χ0) is 13.2. The van der Waals surface area contributed by atoms with Crippen LogP contribution in [0.4, 0.5) is 0 Å². The van der Waals surface area contributed by atoms with Crippen LogP contribution in [0.15, 0.2) is 6.07 Å². The summed E-state index contributed by atoms with van der Waals surface area (Å²) in [5.74, 6) is 0.667. The number of ether oxygens (including phenoxy) is 1. The third kappa shape index (κ3) is 2.73. The first-order chi connectivity index (χ1) is 9.24. The van der Waals surface area contributed by atoms with E-state index in [2.05, 4.69) is 11.1 Å². The highest BCUT2D eigenvalue weighted by molar-refractivity contribution is 7.80. The summed E-state index contributed by atoms with van der Waals surface area (Å²) in [7, 11) is 0. The quantitative estimate of drug-likeness (QED) is 0.862. The van der Waals surface area contributed by atoms with Gasteiger partial charge >= 0.3 is 0 Å². The predicted octanol–water partition coefficient (Wildman–Crippen LogP) is 2.92. The van der Waals surface area contributed by atoms with Gasteiger partial charge in [-0.1, -0.05) is 18.6 Å². The summed E-state index contributed by atoms with van der Waals surface area (Å²) in [5, 5.41) is 0. The van der Waals surface area contributed by atoms with Gasteiger partial charge in [-0.25, -0.2) is 4.98 Å². The van der Waals surface area contributed by atoms with Gasteiger partial charge in [0.25, 0.3) is 0 Å². The van der Waals surface area contributed by atoms with E-state index in [9.17, 15) is 0 Å². The molecule has 4 heteroatoms. The fourth-order valence-electron chi connectivity index (χ4n) is 3.06. The molecule has 0 atom stereocenters. The normalized spacial score (nSPS) is 19.2. The molecule has 1 saturated carbocycles. The number of thiocarbonyl (C=S) groups is 1. The summed E-state index contributed by atoms with van der Waals surface area (Å²) in [6.45, 7) is 0. The van der Waals surface area contributed by atoms with Gasteiger partial charge in [-0.3, -0.25) is 0 Å². The van der Waals surface area contributed by atoms with E-state index >= 15 is 0 Å². The highest BCUT2D eigenvalue weighted by atomic mass is 32.1. The standard InChI is InChI=1S/C15H20N2OS/c16-14(19)12-9-10-5-4-8-13(10)17-15(12)18-11-6-2-1-3-7-11/h9,11H,1-8H2,(H2,16,19). The van der Waals surface area contributed by atoms with Crippen molar-refractivity contribution in [2.24, 2.45) is 5.73 Å². The first-order valence-corrected chi connectivity index (χ1v) is 7.64. The topological polar surface area (TPSA) is 48.1 Å². The molecule has 0 spiro atoms. The number of rotatable bonds is 3. The third-order valence-corrected chi connectivity index (χ3v) is 4.33. The largest absolute Gasteiger partial charge is 0.474 e. The highest BCUT2D eigenvalue weighted by Gasteiger charge is 2.22. The van der Waals surface area contributed by atoms with Crippen LogP contribution in [-0.4, -0.2) is 16.1 Å². The van der Waals surface area contributed by atoms with Crippen LogP contribution in [0.3, 0.4) is 0 Å². The Labute approximate surface area is 119 Å². The molecule has 19 heavy (non-hydrogen) atoms. The molecule has 0 aliphatic heterocycles. The number of nitrogens with zero attached hydrogens (tertiary/aromatic N) is 1. The molecule has 1 fully saturated rings. The molecule has 2 N–H and O–H groups in total. The Morgan fingerprint density at radius 3 is 2.74 bits per heavy atom. The van der Waals surface area contributed by atoms with Crippen LogP contribution in [0, 0.1) is 0 Å². The number of pyridine rings is 1. The van der Waals surface area contributed by atoms with E-state index in [1.54, 1.807) is 0 Å². The summed E-state index contributed by atoms with van der Waals surface area (Å²) in [5.41, 5.74) is 9.11. The smallest absolute Gasteiger partial charge is 0.224 e. The second-order valence-electron chi connectivity index (χ2n) is 5.54. The lowest BCUT2D eigenvalue weighted by atomic mass is 9.98. The van der Waals surface area contributed by atoms with Crippen molar-refractivity contribution in [3.8, 4) is 5.88 Å². The van der Waals surface area contributed by atoms with Gasteiger partial charge < -0.3 is 10.5 Å². The Morgan fingerprint density at radius 2 is 2.00 bits per heavy atom. The molecule has 0 aromatic carbocycles. The summed E-state index contributed by atoms with van der Waals surface area (Å²) >= 11 is 5.15. The maximum Gasteiger partial charge on any atom is 0.224 e. The molecule has 2 aliphatic rings. The van der Waals surface area contributed by atoms with Gasteiger partial charge in [-0.05, 0) is 56.6 Å². The Bertz CT molecular complexity index is 495. The van der Waals surface area contributed by atoms with Crippen LogP contribution >= 0.6 is 12.2 Å². The van der Waals surface area contributed by atoms with Gasteiger partial charge in [-0.2, -0.15) is 0 Å². The van der Waals surface area contributed by atoms with Crippen LogP contribution < -0.4 is 10.5 Å². The summed E-state index contributed by atoms with van der Waals surface area (Å²) < 4.78 is 6.09. The van der Waals surface area contributed by atoms with E-state index in [1.807, 2.05) is 0 Å². The molecule has 1 aromatic heterocycles. The van der Waals surface area contributed by atoms with Crippen LogP contribution in [-0.2, 0) is 12.8 Å². The van der Waals surface area contributed by atoms with Crippen molar-refractivity contribution >= 4 is 17.2 Å². The minimum Gasteiger partial charge on any atom is -0.474 e. The van der Waals surface area contributed by atoms with Crippen molar-refractivity contribution < 1.29 is 4.74 Å². The van der Waals surface area contributed by atoms with Crippen molar-refractivity contribution in [3.63, 3.8) is 0 Å². The fourth-order valence-corrected chi connectivity index (χ4v) is 3.21.